The molecule has 0 bridgehead atoms. The lowest BCUT2D eigenvalue weighted by Crippen LogP contribution is -2.35. The molecule has 2 heteroatoms. The predicted octanol–water partition coefficient (Wildman–Crippen LogP) is 6.24. The van der Waals surface area contributed by atoms with Gasteiger partial charge in [0.25, 0.3) is 0 Å². The van der Waals surface area contributed by atoms with Crippen LogP contribution in [0.15, 0.2) is 60.6 Å². The molecule has 144 valence electrons. The second-order valence-corrected chi connectivity index (χ2v) is 8.15. The highest BCUT2D eigenvalue weighted by molar-refractivity contribution is 5.95. The van der Waals surface area contributed by atoms with Crippen LogP contribution in [0.25, 0.3) is 33.2 Å². The Kier molecular flexibility index (Phi) is 3.97. The van der Waals surface area contributed by atoms with E-state index >= 15 is 0 Å². The topological polar surface area (TPSA) is 3.88 Å². The first-order valence-corrected chi connectivity index (χ1v) is 10.3. The van der Waals surface area contributed by atoms with Gasteiger partial charge in [-0.15, -0.1) is 0 Å². The third-order valence-electron chi connectivity index (χ3n) is 6.30. The lowest BCUT2D eigenvalue weighted by molar-refractivity contribution is -0.665. The average Bonchev–Trinajstić information content (AvgIpc) is 3.21. The van der Waals surface area contributed by atoms with E-state index in [1.165, 1.54) is 17.5 Å². The van der Waals surface area contributed by atoms with Gasteiger partial charge in [0.15, 0.2) is 5.69 Å². The smallest absolute Gasteiger partial charge is 0.206 e. The number of aryl methyl sites for hydroxylation is 3. The Hall–Kier alpha value is -3.00. The molecule has 1 aliphatic rings. The van der Waals surface area contributed by atoms with Gasteiger partial charge in [0.05, 0.1) is 12.3 Å². The van der Waals surface area contributed by atoms with Crippen LogP contribution >= 0.6 is 0 Å². The summed E-state index contributed by atoms with van der Waals surface area (Å²) < 4.78 is 25.8. The Labute approximate surface area is 172 Å². The lowest BCUT2D eigenvalue weighted by Gasteiger charge is -2.14. The second kappa shape index (κ2) is 6.81. The number of hydrogen-bond acceptors (Lipinski definition) is 0. The van der Waals surface area contributed by atoms with Crippen molar-refractivity contribution in [3.63, 3.8) is 0 Å². The van der Waals surface area contributed by atoms with E-state index in [-0.39, 0.29) is 5.82 Å². The summed E-state index contributed by atoms with van der Waals surface area (Å²) in [5.74, 6) is -0.205. The molecule has 0 fully saturated rings. The van der Waals surface area contributed by atoms with Crippen LogP contribution in [-0.2, 0) is 19.9 Å². The first kappa shape index (κ1) is 16.9. The molecular formula is C27H25FN+. The highest BCUT2D eigenvalue weighted by Gasteiger charge is 2.23. The van der Waals surface area contributed by atoms with E-state index < -0.39 is 0 Å². The summed E-state index contributed by atoms with van der Waals surface area (Å²) in [5, 5.41) is 2.08. The van der Waals surface area contributed by atoms with E-state index in [4.69, 9.17) is 1.37 Å². The molecule has 0 spiro atoms. The fourth-order valence-corrected chi connectivity index (χ4v) is 4.64. The molecule has 0 aliphatic heterocycles. The molecule has 1 heterocycles. The Bertz CT molecular complexity index is 1310. The van der Waals surface area contributed by atoms with Crippen molar-refractivity contribution in [1.82, 2.24) is 0 Å². The van der Waals surface area contributed by atoms with Gasteiger partial charge in [0.2, 0.25) is 5.69 Å². The molecular weight excluding hydrogens is 357 g/mol. The number of pyridine rings is 1. The highest BCUT2D eigenvalue weighted by atomic mass is 19.1. The van der Waals surface area contributed by atoms with Crippen LogP contribution in [0.4, 0.5) is 4.39 Å². The molecule has 4 aromatic rings. The highest BCUT2D eigenvalue weighted by Crippen LogP contribution is 2.36. The maximum absolute atomic E-state index is 14.9. The van der Waals surface area contributed by atoms with Gasteiger partial charge >= 0.3 is 0 Å². The zero-order chi connectivity index (χ0) is 21.0. The Morgan fingerprint density at radius 3 is 2.41 bits per heavy atom. The number of hydrogen-bond donors (Lipinski definition) is 0. The van der Waals surface area contributed by atoms with Crippen molar-refractivity contribution >= 4 is 10.8 Å². The normalized spacial score (nSPS) is 13.6. The maximum atomic E-state index is 14.9. The van der Waals surface area contributed by atoms with Crippen molar-refractivity contribution < 1.29 is 10.3 Å². The van der Waals surface area contributed by atoms with E-state index in [9.17, 15) is 4.39 Å². The minimum Gasteiger partial charge on any atom is -0.206 e. The van der Waals surface area contributed by atoms with Crippen LogP contribution in [0.2, 0.25) is 0 Å². The van der Waals surface area contributed by atoms with Crippen LogP contribution in [0.5, 0.6) is 0 Å². The third-order valence-corrected chi connectivity index (χ3v) is 6.30. The minimum atomic E-state index is -0.205. The summed E-state index contributed by atoms with van der Waals surface area (Å²) >= 11 is 0. The first-order chi connectivity index (χ1) is 14.5. The van der Waals surface area contributed by atoms with Gasteiger partial charge in [-0.25, -0.2) is 4.39 Å². The van der Waals surface area contributed by atoms with Gasteiger partial charge in [-0.1, -0.05) is 36.4 Å². The summed E-state index contributed by atoms with van der Waals surface area (Å²) in [7, 11) is 2.01. The number of rotatable bonds is 2. The van der Waals surface area contributed by atoms with Crippen molar-refractivity contribution in [1.29, 1.82) is 0 Å². The van der Waals surface area contributed by atoms with Gasteiger partial charge in [-0.05, 0) is 72.0 Å². The largest absolute Gasteiger partial charge is 0.220 e. The fraction of sp³-hybridized carbons (Fsp3) is 0.222. The summed E-state index contributed by atoms with van der Waals surface area (Å²) in [5.41, 5.74) is 8.14. The lowest BCUT2D eigenvalue weighted by atomic mass is 9.93. The Morgan fingerprint density at radius 1 is 0.931 bits per heavy atom. The van der Waals surface area contributed by atoms with Crippen LogP contribution in [-0.4, -0.2) is 0 Å². The number of benzene rings is 3. The molecule has 0 saturated carbocycles. The first-order valence-electron chi connectivity index (χ1n) is 10.8. The zero-order valence-corrected chi connectivity index (χ0v) is 17.1. The zero-order valence-electron chi connectivity index (χ0n) is 18.1. The van der Waals surface area contributed by atoms with E-state index in [1.54, 1.807) is 6.07 Å². The van der Waals surface area contributed by atoms with Crippen molar-refractivity contribution in [3.8, 4) is 22.4 Å². The molecule has 5 rings (SSSR count). The number of fused-ring (bicyclic) bond motifs is 2. The molecule has 0 amide bonds. The molecule has 0 N–H and O–H groups in total. The monoisotopic (exact) mass is 383 g/mol. The van der Waals surface area contributed by atoms with Crippen LogP contribution in [0.3, 0.4) is 0 Å². The van der Waals surface area contributed by atoms with Crippen molar-refractivity contribution in [2.24, 2.45) is 7.05 Å². The molecule has 1 nitrogen and oxygen atoms in total. The molecule has 1 aliphatic carbocycles. The van der Waals surface area contributed by atoms with Crippen LogP contribution in [0.1, 0.15) is 30.2 Å². The SMILES string of the molecule is [2H]c1c(C)[n+](C)c(-c2cc(-c3ccccc3)c(F)cc2C)c2cc3c(cc12)CCC3. The van der Waals surface area contributed by atoms with Gasteiger partial charge < -0.3 is 0 Å². The summed E-state index contributed by atoms with van der Waals surface area (Å²) in [6.45, 7) is 3.96. The van der Waals surface area contributed by atoms with Gasteiger partial charge in [0.1, 0.15) is 12.9 Å². The van der Waals surface area contributed by atoms with E-state index in [0.717, 1.165) is 51.7 Å². The maximum Gasteiger partial charge on any atom is 0.220 e. The molecule has 0 unspecified atom stereocenters. The number of nitrogens with zero attached hydrogens (tertiary/aromatic N) is 1. The molecule has 1 aromatic heterocycles. The molecule has 0 radical (unpaired) electrons. The van der Waals surface area contributed by atoms with Crippen molar-refractivity contribution in [2.75, 3.05) is 0 Å². The summed E-state index contributed by atoms with van der Waals surface area (Å²) in [4.78, 5) is 0. The fourth-order valence-electron chi connectivity index (χ4n) is 4.64. The number of aromatic nitrogens is 1. The van der Waals surface area contributed by atoms with Gasteiger partial charge in [-0.3, -0.25) is 0 Å². The van der Waals surface area contributed by atoms with E-state index in [1.807, 2.05) is 57.3 Å². The van der Waals surface area contributed by atoms with Crippen molar-refractivity contribution in [2.45, 2.75) is 33.1 Å². The number of halogens is 1. The predicted molar refractivity (Wildman–Crippen MR) is 117 cm³/mol. The summed E-state index contributed by atoms with van der Waals surface area (Å²) in [6.07, 6.45) is 3.36. The molecule has 0 atom stereocenters. The summed E-state index contributed by atoms with van der Waals surface area (Å²) in [6, 6.07) is 18.4. The quantitative estimate of drug-likeness (QED) is 0.361. The van der Waals surface area contributed by atoms with Gasteiger partial charge in [0, 0.05) is 18.5 Å². The van der Waals surface area contributed by atoms with Gasteiger partial charge in [-0.2, -0.15) is 4.57 Å². The van der Waals surface area contributed by atoms with Crippen LogP contribution in [0, 0.1) is 19.7 Å². The second-order valence-electron chi connectivity index (χ2n) is 8.15. The molecule has 29 heavy (non-hydrogen) atoms. The molecule has 3 aromatic carbocycles. The Morgan fingerprint density at radius 2 is 1.66 bits per heavy atom. The Balaban J connectivity index is 1.86. The van der Waals surface area contributed by atoms with E-state index in [2.05, 4.69) is 16.7 Å². The van der Waals surface area contributed by atoms with Crippen LogP contribution < -0.4 is 4.57 Å². The standard InChI is InChI=1S/C27H25FN/c1-17-12-26(28)24(19-8-5-4-6-9-19)16-23(17)27-25-15-21-11-7-10-20(21)14-22(25)13-18(2)29(27)3/h4-6,8-9,12-16H,7,10-11H2,1-3H3/q+1/i13D. The van der Waals surface area contributed by atoms with E-state index in [0.29, 0.717) is 11.6 Å². The third kappa shape index (κ3) is 2.95. The van der Waals surface area contributed by atoms with Crippen molar-refractivity contribution in [3.05, 3.63) is 88.8 Å². The average molecular weight is 384 g/mol. The minimum absolute atomic E-state index is 0.205. The molecule has 0 saturated heterocycles.